The number of rotatable bonds is 11. The first-order valence-corrected chi connectivity index (χ1v) is 12.2. The Bertz CT molecular complexity index is 1350. The first-order valence-electron chi connectivity index (χ1n) is 12.2. The van der Waals surface area contributed by atoms with Crippen molar-refractivity contribution in [1.29, 1.82) is 0 Å². The minimum atomic E-state index is -0.0437. The van der Waals surface area contributed by atoms with Gasteiger partial charge in [0.1, 0.15) is 17.2 Å². The Balaban J connectivity index is 0.00000380. The maximum absolute atomic E-state index is 12.9. The Labute approximate surface area is 224 Å². The molecular formula is C30H35ClN2O4. The highest BCUT2D eigenvalue weighted by Gasteiger charge is 2.10. The summed E-state index contributed by atoms with van der Waals surface area (Å²) in [7, 11) is 7.23. The van der Waals surface area contributed by atoms with Gasteiger partial charge in [-0.05, 0) is 91.0 Å². The van der Waals surface area contributed by atoms with Gasteiger partial charge in [-0.3, -0.25) is 4.79 Å². The second-order valence-corrected chi connectivity index (χ2v) is 8.97. The third kappa shape index (κ3) is 7.06. The van der Waals surface area contributed by atoms with E-state index in [1.807, 2.05) is 54.6 Å². The van der Waals surface area contributed by atoms with Crippen molar-refractivity contribution in [2.24, 2.45) is 7.05 Å². The van der Waals surface area contributed by atoms with Crippen molar-refractivity contribution in [3.8, 4) is 28.5 Å². The monoisotopic (exact) mass is 522 g/mol. The molecule has 4 rings (SSSR count). The van der Waals surface area contributed by atoms with Crippen LogP contribution in [-0.4, -0.2) is 50.4 Å². The van der Waals surface area contributed by atoms with Crippen LogP contribution in [0.3, 0.4) is 0 Å². The molecule has 0 atom stereocenters. The van der Waals surface area contributed by atoms with Crippen LogP contribution in [0.1, 0.15) is 12.0 Å². The third-order valence-electron chi connectivity index (χ3n) is 6.49. The predicted octanol–water partition coefficient (Wildman–Crippen LogP) is 5.59. The maximum Gasteiger partial charge on any atom is 0.258 e. The van der Waals surface area contributed by atoms with Gasteiger partial charge in [-0.15, -0.1) is 12.4 Å². The summed E-state index contributed by atoms with van der Waals surface area (Å²) in [5, 5.41) is 1.54. The lowest BCUT2D eigenvalue weighted by atomic mass is 10.1. The molecule has 0 saturated heterocycles. The molecule has 0 aliphatic carbocycles. The molecule has 3 aromatic carbocycles. The number of halogens is 1. The molecule has 0 fully saturated rings. The average Bonchev–Trinajstić information content (AvgIpc) is 2.92. The van der Waals surface area contributed by atoms with Crippen molar-refractivity contribution in [2.45, 2.75) is 12.8 Å². The first-order chi connectivity index (χ1) is 17.5. The van der Waals surface area contributed by atoms with E-state index < -0.39 is 0 Å². The van der Waals surface area contributed by atoms with E-state index in [1.54, 1.807) is 31.9 Å². The topological polar surface area (TPSA) is 52.9 Å². The van der Waals surface area contributed by atoms with Gasteiger partial charge in [0.25, 0.3) is 5.56 Å². The summed E-state index contributed by atoms with van der Waals surface area (Å²) in [5.74, 6) is 2.40. The molecule has 1 aromatic heterocycles. The number of likely N-dealkylation sites (N-methyl/N-ethyl adjacent to an activating group) is 1. The molecule has 0 aliphatic rings. The van der Waals surface area contributed by atoms with E-state index in [1.165, 1.54) is 5.56 Å². The minimum Gasteiger partial charge on any atom is -0.497 e. The van der Waals surface area contributed by atoms with Crippen LogP contribution in [0, 0.1) is 0 Å². The highest BCUT2D eigenvalue weighted by atomic mass is 35.5. The Morgan fingerprint density at radius 3 is 2.14 bits per heavy atom. The van der Waals surface area contributed by atoms with Crippen LogP contribution in [0.2, 0.25) is 0 Å². The number of pyridine rings is 1. The number of aromatic nitrogens is 1. The van der Waals surface area contributed by atoms with Gasteiger partial charge in [0, 0.05) is 20.1 Å². The van der Waals surface area contributed by atoms with Gasteiger partial charge >= 0.3 is 0 Å². The van der Waals surface area contributed by atoms with Crippen molar-refractivity contribution < 1.29 is 14.2 Å². The van der Waals surface area contributed by atoms with E-state index in [2.05, 4.69) is 24.1 Å². The minimum absolute atomic E-state index is 0. The zero-order valence-electron chi connectivity index (χ0n) is 21.9. The highest BCUT2D eigenvalue weighted by molar-refractivity contribution is 5.86. The molecule has 0 bridgehead atoms. The SMILES string of the molecule is COc1ccc(CCN(C)CCCOc2ccc(-c3cc4ccc(OC)cc4c(=O)n3C)cc2)cc1.Cl. The second kappa shape index (κ2) is 13.2. The normalized spacial score (nSPS) is 10.8. The Kier molecular flexibility index (Phi) is 10.0. The summed E-state index contributed by atoms with van der Waals surface area (Å²) < 4.78 is 18.1. The number of benzene rings is 3. The average molecular weight is 523 g/mol. The van der Waals surface area contributed by atoms with Crippen LogP contribution in [0.15, 0.2) is 77.6 Å². The van der Waals surface area contributed by atoms with E-state index in [0.29, 0.717) is 17.7 Å². The summed E-state index contributed by atoms with van der Waals surface area (Å²) in [5.41, 5.74) is 3.10. The molecule has 0 spiro atoms. The fourth-order valence-corrected chi connectivity index (χ4v) is 4.25. The quantitative estimate of drug-likeness (QED) is 0.240. The largest absolute Gasteiger partial charge is 0.497 e. The molecular weight excluding hydrogens is 488 g/mol. The van der Waals surface area contributed by atoms with Crippen molar-refractivity contribution >= 4 is 23.2 Å². The number of ether oxygens (including phenoxy) is 3. The first kappa shape index (κ1) is 28.1. The summed E-state index contributed by atoms with van der Waals surface area (Å²) in [6, 6.07) is 23.8. The standard InChI is InChI=1S/C30H34N2O4.ClH/c1-31(18-16-22-6-11-25(34-3)12-7-22)17-5-19-36-26-13-8-23(9-14-26)29-20-24-10-15-27(35-4)21-28(24)30(33)32(29)2;/h6-15,20-21H,5,16-19H2,1-4H3;1H. The van der Waals surface area contributed by atoms with Gasteiger partial charge in [-0.1, -0.05) is 18.2 Å². The van der Waals surface area contributed by atoms with Crippen LogP contribution >= 0.6 is 12.4 Å². The summed E-state index contributed by atoms with van der Waals surface area (Å²) in [4.78, 5) is 15.2. The number of hydrogen-bond donors (Lipinski definition) is 0. The zero-order valence-corrected chi connectivity index (χ0v) is 22.7. The van der Waals surface area contributed by atoms with Crippen LogP contribution in [0.5, 0.6) is 17.2 Å². The number of nitrogens with zero attached hydrogens (tertiary/aromatic N) is 2. The lowest BCUT2D eigenvalue weighted by molar-refractivity contribution is 0.264. The third-order valence-corrected chi connectivity index (χ3v) is 6.49. The lowest BCUT2D eigenvalue weighted by Crippen LogP contribution is -2.23. The fraction of sp³-hybridized carbons (Fsp3) is 0.300. The van der Waals surface area contributed by atoms with E-state index in [-0.39, 0.29) is 18.0 Å². The van der Waals surface area contributed by atoms with Crippen molar-refractivity contribution in [2.75, 3.05) is 41.0 Å². The molecule has 37 heavy (non-hydrogen) atoms. The summed E-state index contributed by atoms with van der Waals surface area (Å²) >= 11 is 0. The van der Waals surface area contributed by atoms with Crippen LogP contribution < -0.4 is 19.8 Å². The highest BCUT2D eigenvalue weighted by Crippen LogP contribution is 2.26. The molecule has 0 N–H and O–H groups in total. The number of fused-ring (bicyclic) bond motifs is 1. The molecule has 4 aromatic rings. The van der Waals surface area contributed by atoms with E-state index >= 15 is 0 Å². The fourth-order valence-electron chi connectivity index (χ4n) is 4.25. The van der Waals surface area contributed by atoms with Crippen molar-refractivity contribution in [3.63, 3.8) is 0 Å². The van der Waals surface area contributed by atoms with E-state index in [9.17, 15) is 4.79 Å². The smallest absolute Gasteiger partial charge is 0.258 e. The molecule has 7 heteroatoms. The predicted molar refractivity (Wildman–Crippen MR) is 153 cm³/mol. The number of hydrogen-bond acceptors (Lipinski definition) is 5. The van der Waals surface area contributed by atoms with Crippen LogP contribution in [0.25, 0.3) is 22.0 Å². The van der Waals surface area contributed by atoms with Crippen molar-refractivity contribution in [3.05, 3.63) is 88.7 Å². The molecule has 1 heterocycles. The van der Waals surface area contributed by atoms with Crippen molar-refractivity contribution in [1.82, 2.24) is 9.47 Å². The lowest BCUT2D eigenvalue weighted by Gasteiger charge is -2.17. The van der Waals surface area contributed by atoms with Gasteiger partial charge in [0.2, 0.25) is 0 Å². The molecule has 0 aliphatic heterocycles. The Morgan fingerprint density at radius 1 is 0.811 bits per heavy atom. The van der Waals surface area contributed by atoms with E-state index in [0.717, 1.165) is 54.1 Å². The van der Waals surface area contributed by atoms with Gasteiger partial charge in [-0.2, -0.15) is 0 Å². The molecule has 0 saturated carbocycles. The summed E-state index contributed by atoms with van der Waals surface area (Å²) in [6.45, 7) is 2.62. The van der Waals surface area contributed by atoms with Gasteiger partial charge in [0.05, 0.1) is 31.9 Å². The van der Waals surface area contributed by atoms with Gasteiger partial charge < -0.3 is 23.7 Å². The maximum atomic E-state index is 12.9. The van der Waals surface area contributed by atoms with Crippen LogP contribution in [0.4, 0.5) is 0 Å². The molecule has 6 nitrogen and oxygen atoms in total. The van der Waals surface area contributed by atoms with Gasteiger partial charge in [0.15, 0.2) is 0 Å². The summed E-state index contributed by atoms with van der Waals surface area (Å²) in [6.07, 6.45) is 1.96. The van der Waals surface area contributed by atoms with E-state index in [4.69, 9.17) is 14.2 Å². The second-order valence-electron chi connectivity index (χ2n) is 8.97. The Morgan fingerprint density at radius 2 is 1.46 bits per heavy atom. The Hall–Kier alpha value is -3.48. The number of methoxy groups -OCH3 is 2. The molecule has 0 radical (unpaired) electrons. The molecule has 196 valence electrons. The van der Waals surface area contributed by atoms with Gasteiger partial charge in [-0.25, -0.2) is 0 Å². The zero-order chi connectivity index (χ0) is 25.5. The molecule has 0 amide bonds. The molecule has 0 unspecified atom stereocenters. The van der Waals surface area contributed by atoms with Crippen LogP contribution in [-0.2, 0) is 13.5 Å².